The minimum absolute atomic E-state index is 0.0384. The van der Waals surface area contributed by atoms with E-state index in [2.05, 4.69) is 39.9 Å². The molecule has 0 spiro atoms. The van der Waals surface area contributed by atoms with Crippen molar-refractivity contribution in [2.45, 2.75) is 44.1 Å². The smallest absolute Gasteiger partial charge is 0.252 e. The molecule has 1 atom stereocenters. The molecule has 1 aromatic carbocycles. The highest BCUT2D eigenvalue weighted by Crippen LogP contribution is 2.30. The van der Waals surface area contributed by atoms with Crippen molar-refractivity contribution in [2.24, 2.45) is 0 Å². The van der Waals surface area contributed by atoms with Gasteiger partial charge >= 0.3 is 0 Å². The second-order valence-electron chi connectivity index (χ2n) is 6.85. The van der Waals surface area contributed by atoms with Crippen LogP contribution in [0.1, 0.15) is 53.1 Å². The number of rotatable bonds is 5. The standard InChI is InChI=1S/C20H23N3O/c24-20(16-8-11-19(21-13-16)23-17-9-10-17)22-12-15-6-3-5-14-4-1-2-7-18(14)15/h1-2,4,7-8,11,13,15,17H,3,5-6,9-10,12H2,(H,21,23)(H,22,24)/t15-/m0/s1. The topological polar surface area (TPSA) is 54.0 Å². The third kappa shape index (κ3) is 3.42. The van der Waals surface area contributed by atoms with Crippen LogP contribution in [0.5, 0.6) is 0 Å². The Morgan fingerprint density at radius 1 is 1.12 bits per heavy atom. The number of benzene rings is 1. The molecule has 1 fully saturated rings. The number of carbonyl (C=O) groups excluding carboxylic acids is 1. The van der Waals surface area contributed by atoms with E-state index in [4.69, 9.17) is 0 Å². The lowest BCUT2D eigenvalue weighted by atomic mass is 9.83. The molecule has 0 bridgehead atoms. The molecular formula is C20H23N3O. The van der Waals surface area contributed by atoms with E-state index in [0.29, 0.717) is 24.1 Å². The number of hydrogen-bond donors (Lipinski definition) is 2. The second-order valence-corrected chi connectivity index (χ2v) is 6.85. The molecular weight excluding hydrogens is 298 g/mol. The van der Waals surface area contributed by atoms with Gasteiger partial charge in [-0.1, -0.05) is 24.3 Å². The molecule has 2 aliphatic carbocycles. The number of aryl methyl sites for hydroxylation is 1. The van der Waals surface area contributed by atoms with Crippen LogP contribution < -0.4 is 10.6 Å². The average molecular weight is 321 g/mol. The van der Waals surface area contributed by atoms with Crippen molar-refractivity contribution < 1.29 is 4.79 Å². The Bertz CT molecular complexity index is 722. The highest BCUT2D eigenvalue weighted by Gasteiger charge is 2.22. The van der Waals surface area contributed by atoms with Gasteiger partial charge in [0.25, 0.3) is 5.91 Å². The SMILES string of the molecule is O=C(NC[C@@H]1CCCc2ccccc21)c1ccc(NC2CC2)nc1. The van der Waals surface area contributed by atoms with Crippen molar-refractivity contribution in [1.29, 1.82) is 0 Å². The van der Waals surface area contributed by atoms with Crippen molar-refractivity contribution in [3.05, 3.63) is 59.3 Å². The van der Waals surface area contributed by atoms with Crippen molar-refractivity contribution in [3.63, 3.8) is 0 Å². The number of nitrogens with zero attached hydrogens (tertiary/aromatic N) is 1. The molecule has 124 valence electrons. The summed E-state index contributed by atoms with van der Waals surface area (Å²) in [6.07, 6.45) is 7.58. The number of aromatic nitrogens is 1. The summed E-state index contributed by atoms with van der Waals surface area (Å²) < 4.78 is 0. The monoisotopic (exact) mass is 321 g/mol. The molecule has 4 rings (SSSR count). The molecule has 4 nitrogen and oxygen atoms in total. The first-order valence-electron chi connectivity index (χ1n) is 8.88. The molecule has 1 aromatic heterocycles. The molecule has 0 radical (unpaired) electrons. The summed E-state index contributed by atoms with van der Waals surface area (Å²) in [5, 5.41) is 6.42. The van der Waals surface area contributed by atoms with Crippen LogP contribution in [0.2, 0.25) is 0 Å². The first-order valence-corrected chi connectivity index (χ1v) is 8.88. The van der Waals surface area contributed by atoms with Crippen LogP contribution in [-0.4, -0.2) is 23.5 Å². The molecule has 0 unspecified atom stereocenters. The summed E-state index contributed by atoms with van der Waals surface area (Å²) in [5.41, 5.74) is 3.45. The van der Waals surface area contributed by atoms with Gasteiger partial charge in [0, 0.05) is 24.7 Å². The van der Waals surface area contributed by atoms with Crippen molar-refractivity contribution >= 4 is 11.7 Å². The van der Waals surface area contributed by atoms with Crippen molar-refractivity contribution in [1.82, 2.24) is 10.3 Å². The van der Waals surface area contributed by atoms with Gasteiger partial charge in [-0.05, 0) is 55.4 Å². The van der Waals surface area contributed by atoms with E-state index in [9.17, 15) is 4.79 Å². The van der Waals surface area contributed by atoms with Gasteiger partial charge in [0.15, 0.2) is 0 Å². The van der Waals surface area contributed by atoms with Crippen LogP contribution in [0.25, 0.3) is 0 Å². The van der Waals surface area contributed by atoms with Crippen LogP contribution in [-0.2, 0) is 6.42 Å². The van der Waals surface area contributed by atoms with E-state index in [0.717, 1.165) is 18.7 Å². The molecule has 0 aliphatic heterocycles. The highest BCUT2D eigenvalue weighted by molar-refractivity contribution is 5.94. The molecule has 2 aliphatic rings. The van der Waals surface area contributed by atoms with Gasteiger partial charge in [-0.25, -0.2) is 4.98 Å². The molecule has 24 heavy (non-hydrogen) atoms. The van der Waals surface area contributed by atoms with Gasteiger partial charge in [-0.2, -0.15) is 0 Å². The fraction of sp³-hybridized carbons (Fsp3) is 0.400. The zero-order valence-electron chi connectivity index (χ0n) is 13.8. The van der Waals surface area contributed by atoms with E-state index >= 15 is 0 Å². The minimum atomic E-state index is -0.0384. The molecule has 2 N–H and O–H groups in total. The third-order valence-electron chi connectivity index (χ3n) is 4.96. The fourth-order valence-electron chi connectivity index (χ4n) is 3.43. The summed E-state index contributed by atoms with van der Waals surface area (Å²) in [5.74, 6) is 1.24. The molecule has 1 saturated carbocycles. The highest BCUT2D eigenvalue weighted by atomic mass is 16.1. The number of amides is 1. The lowest BCUT2D eigenvalue weighted by molar-refractivity contribution is 0.0950. The van der Waals surface area contributed by atoms with Gasteiger partial charge in [0.05, 0.1) is 5.56 Å². The van der Waals surface area contributed by atoms with E-state index in [1.165, 1.54) is 30.4 Å². The van der Waals surface area contributed by atoms with Gasteiger partial charge < -0.3 is 10.6 Å². The predicted octanol–water partition coefficient (Wildman–Crippen LogP) is 3.51. The van der Waals surface area contributed by atoms with E-state index < -0.39 is 0 Å². The van der Waals surface area contributed by atoms with Crippen LogP contribution in [0.15, 0.2) is 42.6 Å². The number of carbonyl (C=O) groups is 1. The Labute approximate surface area is 142 Å². The fourth-order valence-corrected chi connectivity index (χ4v) is 3.43. The molecule has 4 heteroatoms. The Balaban J connectivity index is 1.36. The molecule has 2 aromatic rings. The van der Waals surface area contributed by atoms with E-state index in [-0.39, 0.29) is 5.91 Å². The number of nitrogens with one attached hydrogen (secondary N) is 2. The lowest BCUT2D eigenvalue weighted by Crippen LogP contribution is -2.30. The Morgan fingerprint density at radius 2 is 2.00 bits per heavy atom. The first-order chi connectivity index (χ1) is 11.8. The normalized spacial score (nSPS) is 19.4. The quantitative estimate of drug-likeness (QED) is 0.886. The van der Waals surface area contributed by atoms with Crippen LogP contribution in [0.4, 0.5) is 5.82 Å². The van der Waals surface area contributed by atoms with Gasteiger partial charge in [-0.3, -0.25) is 4.79 Å². The van der Waals surface area contributed by atoms with E-state index in [1.54, 1.807) is 6.20 Å². The average Bonchev–Trinajstić information content (AvgIpc) is 3.44. The molecule has 0 saturated heterocycles. The largest absolute Gasteiger partial charge is 0.367 e. The summed E-state index contributed by atoms with van der Waals surface area (Å²) >= 11 is 0. The minimum Gasteiger partial charge on any atom is -0.367 e. The summed E-state index contributed by atoms with van der Waals surface area (Å²) in [4.78, 5) is 16.7. The Kier molecular flexibility index (Phi) is 4.20. The molecule has 1 amide bonds. The van der Waals surface area contributed by atoms with Crippen LogP contribution >= 0.6 is 0 Å². The number of pyridine rings is 1. The Morgan fingerprint density at radius 3 is 2.79 bits per heavy atom. The van der Waals surface area contributed by atoms with Gasteiger partial charge in [0.2, 0.25) is 0 Å². The first kappa shape index (κ1) is 15.2. The number of fused-ring (bicyclic) bond motifs is 1. The van der Waals surface area contributed by atoms with Crippen LogP contribution in [0.3, 0.4) is 0 Å². The second kappa shape index (κ2) is 6.63. The van der Waals surface area contributed by atoms with Crippen molar-refractivity contribution in [3.8, 4) is 0 Å². The molecule has 1 heterocycles. The summed E-state index contributed by atoms with van der Waals surface area (Å²) in [7, 11) is 0. The zero-order valence-corrected chi connectivity index (χ0v) is 13.8. The number of anilines is 1. The maximum Gasteiger partial charge on any atom is 0.252 e. The summed E-state index contributed by atoms with van der Waals surface area (Å²) in [6.45, 7) is 0.692. The Hall–Kier alpha value is -2.36. The van der Waals surface area contributed by atoms with E-state index in [1.807, 2.05) is 12.1 Å². The number of hydrogen-bond acceptors (Lipinski definition) is 3. The third-order valence-corrected chi connectivity index (χ3v) is 4.96. The maximum absolute atomic E-state index is 12.4. The maximum atomic E-state index is 12.4. The summed E-state index contributed by atoms with van der Waals surface area (Å²) in [6, 6.07) is 12.9. The van der Waals surface area contributed by atoms with Crippen molar-refractivity contribution in [2.75, 3.05) is 11.9 Å². The zero-order chi connectivity index (χ0) is 16.4. The van der Waals surface area contributed by atoms with Crippen LogP contribution in [0, 0.1) is 0 Å². The van der Waals surface area contributed by atoms with Gasteiger partial charge in [0.1, 0.15) is 5.82 Å². The van der Waals surface area contributed by atoms with Gasteiger partial charge in [-0.15, -0.1) is 0 Å². The lowest BCUT2D eigenvalue weighted by Gasteiger charge is -2.25. The predicted molar refractivity (Wildman–Crippen MR) is 95.3 cm³/mol.